The SMILES string of the molecule is CC(=O)c1cccc(NC(=O)Nc2ccc3c(ccn3CCN3CCOCC3)c2)c1. The van der Waals surface area contributed by atoms with Gasteiger partial charge in [-0.15, -0.1) is 0 Å². The minimum atomic E-state index is -0.346. The second-order valence-corrected chi connectivity index (χ2v) is 7.45. The average molecular weight is 406 g/mol. The van der Waals surface area contributed by atoms with Gasteiger partial charge in [0.15, 0.2) is 5.78 Å². The molecule has 0 atom stereocenters. The van der Waals surface area contributed by atoms with Crippen molar-refractivity contribution < 1.29 is 14.3 Å². The van der Waals surface area contributed by atoms with E-state index in [1.54, 1.807) is 24.3 Å². The summed E-state index contributed by atoms with van der Waals surface area (Å²) in [4.78, 5) is 26.3. The van der Waals surface area contributed by atoms with Crippen LogP contribution in [0.1, 0.15) is 17.3 Å². The third-order valence-corrected chi connectivity index (χ3v) is 5.32. The quantitative estimate of drug-likeness (QED) is 0.610. The summed E-state index contributed by atoms with van der Waals surface area (Å²) in [6.07, 6.45) is 2.09. The Bertz CT molecular complexity index is 1050. The fourth-order valence-corrected chi connectivity index (χ4v) is 3.66. The summed E-state index contributed by atoms with van der Waals surface area (Å²) in [5.41, 5.74) is 3.00. The van der Waals surface area contributed by atoms with Crippen LogP contribution >= 0.6 is 0 Å². The van der Waals surface area contributed by atoms with Crippen LogP contribution < -0.4 is 10.6 Å². The molecule has 1 aliphatic rings. The lowest BCUT2D eigenvalue weighted by molar-refractivity contribution is 0.0365. The Morgan fingerprint density at radius 1 is 0.967 bits per heavy atom. The second kappa shape index (κ2) is 9.11. The third kappa shape index (κ3) is 4.87. The molecule has 7 heteroatoms. The van der Waals surface area contributed by atoms with Gasteiger partial charge in [-0.3, -0.25) is 9.69 Å². The summed E-state index contributed by atoms with van der Waals surface area (Å²) in [7, 11) is 0. The molecule has 2 N–H and O–H groups in total. The smallest absolute Gasteiger partial charge is 0.323 e. The van der Waals surface area contributed by atoms with Gasteiger partial charge in [0, 0.05) is 60.2 Å². The molecule has 156 valence electrons. The summed E-state index contributed by atoms with van der Waals surface area (Å²) < 4.78 is 7.64. The van der Waals surface area contributed by atoms with Gasteiger partial charge < -0.3 is 19.9 Å². The predicted octanol–water partition coefficient (Wildman–Crippen LogP) is 3.82. The number of aromatic nitrogens is 1. The minimum Gasteiger partial charge on any atom is -0.379 e. The van der Waals surface area contributed by atoms with Gasteiger partial charge in [-0.25, -0.2) is 4.79 Å². The van der Waals surface area contributed by atoms with Crippen LogP contribution in [-0.2, 0) is 11.3 Å². The number of Topliss-reactive ketones (excluding diaryl/α,β-unsaturated/α-hetero) is 1. The molecule has 0 radical (unpaired) electrons. The molecular formula is C23H26N4O3. The summed E-state index contributed by atoms with van der Waals surface area (Å²) in [5, 5.41) is 6.71. The van der Waals surface area contributed by atoms with Crippen LogP contribution in [0.4, 0.5) is 16.2 Å². The Morgan fingerprint density at radius 2 is 1.73 bits per heavy atom. The molecule has 0 saturated carbocycles. The molecule has 2 aromatic carbocycles. The molecule has 30 heavy (non-hydrogen) atoms. The van der Waals surface area contributed by atoms with E-state index in [0.29, 0.717) is 16.9 Å². The Kier molecular flexibility index (Phi) is 6.11. The number of anilines is 2. The van der Waals surface area contributed by atoms with Gasteiger partial charge >= 0.3 is 6.03 Å². The second-order valence-electron chi connectivity index (χ2n) is 7.45. The number of nitrogens with zero attached hydrogens (tertiary/aromatic N) is 2. The largest absolute Gasteiger partial charge is 0.379 e. The Labute approximate surface area is 175 Å². The normalized spacial score (nSPS) is 14.6. The first kappa shape index (κ1) is 20.1. The fourth-order valence-electron chi connectivity index (χ4n) is 3.66. The monoisotopic (exact) mass is 406 g/mol. The lowest BCUT2D eigenvalue weighted by Crippen LogP contribution is -2.38. The molecule has 0 bridgehead atoms. The summed E-state index contributed by atoms with van der Waals surface area (Å²) in [6.45, 7) is 7.00. The number of ether oxygens (including phenoxy) is 1. The van der Waals surface area contributed by atoms with E-state index in [4.69, 9.17) is 4.74 Å². The van der Waals surface area contributed by atoms with Crippen molar-refractivity contribution in [3.63, 3.8) is 0 Å². The van der Waals surface area contributed by atoms with Gasteiger partial charge in [0.25, 0.3) is 0 Å². The molecule has 3 aromatic rings. The summed E-state index contributed by atoms with van der Waals surface area (Å²) in [6, 6.07) is 14.5. The number of morpholine rings is 1. The van der Waals surface area contributed by atoms with Crippen molar-refractivity contribution in [1.29, 1.82) is 0 Å². The van der Waals surface area contributed by atoms with Crippen LogP contribution in [0.3, 0.4) is 0 Å². The van der Waals surface area contributed by atoms with Gasteiger partial charge in [0.05, 0.1) is 13.2 Å². The molecule has 1 fully saturated rings. The lowest BCUT2D eigenvalue weighted by atomic mass is 10.1. The summed E-state index contributed by atoms with van der Waals surface area (Å²) >= 11 is 0. The molecule has 4 rings (SSSR count). The molecule has 1 aromatic heterocycles. The molecule has 1 aliphatic heterocycles. The van der Waals surface area contributed by atoms with Gasteiger partial charge in [-0.2, -0.15) is 0 Å². The highest BCUT2D eigenvalue weighted by Gasteiger charge is 2.11. The van der Waals surface area contributed by atoms with Crippen LogP contribution in [-0.4, -0.2) is 54.1 Å². The van der Waals surface area contributed by atoms with Crippen LogP contribution in [0.15, 0.2) is 54.7 Å². The zero-order valence-electron chi connectivity index (χ0n) is 17.1. The first-order valence-corrected chi connectivity index (χ1v) is 10.2. The minimum absolute atomic E-state index is 0.0392. The van der Waals surface area contributed by atoms with E-state index >= 15 is 0 Å². The van der Waals surface area contributed by atoms with E-state index in [0.717, 1.165) is 50.3 Å². The molecule has 7 nitrogen and oxygen atoms in total. The third-order valence-electron chi connectivity index (χ3n) is 5.32. The van der Waals surface area contributed by atoms with Crippen LogP contribution in [0, 0.1) is 0 Å². The van der Waals surface area contributed by atoms with Crippen molar-refractivity contribution in [3.8, 4) is 0 Å². The predicted molar refractivity (Wildman–Crippen MR) is 118 cm³/mol. The molecule has 2 heterocycles. The molecule has 1 saturated heterocycles. The maximum atomic E-state index is 12.4. The van der Waals surface area contributed by atoms with Crippen molar-refractivity contribution in [2.45, 2.75) is 13.5 Å². The summed E-state index contributed by atoms with van der Waals surface area (Å²) in [5.74, 6) is -0.0392. The van der Waals surface area contributed by atoms with Crippen LogP contribution in [0.2, 0.25) is 0 Å². The van der Waals surface area contributed by atoms with E-state index in [-0.39, 0.29) is 11.8 Å². The van der Waals surface area contributed by atoms with Crippen molar-refractivity contribution >= 4 is 34.1 Å². The molecule has 0 spiro atoms. The highest BCUT2D eigenvalue weighted by Crippen LogP contribution is 2.21. The number of urea groups is 1. The van der Waals surface area contributed by atoms with E-state index in [9.17, 15) is 9.59 Å². The van der Waals surface area contributed by atoms with E-state index in [2.05, 4.69) is 32.4 Å². The van der Waals surface area contributed by atoms with Crippen LogP contribution in [0.25, 0.3) is 10.9 Å². The molecule has 0 aliphatic carbocycles. The number of amides is 2. The fraction of sp³-hybridized carbons (Fsp3) is 0.304. The number of nitrogens with one attached hydrogen (secondary N) is 2. The van der Waals surface area contributed by atoms with E-state index in [1.807, 2.05) is 18.2 Å². The number of ketones is 1. The number of benzene rings is 2. The Morgan fingerprint density at radius 3 is 2.50 bits per heavy atom. The first-order chi connectivity index (χ1) is 14.6. The van der Waals surface area contributed by atoms with Gasteiger partial charge in [0.2, 0.25) is 0 Å². The average Bonchev–Trinajstić information content (AvgIpc) is 3.15. The van der Waals surface area contributed by atoms with E-state index < -0.39 is 0 Å². The maximum Gasteiger partial charge on any atom is 0.323 e. The van der Waals surface area contributed by atoms with Gasteiger partial charge in [0.1, 0.15) is 0 Å². The standard InChI is InChI=1S/C23H26N4O3/c1-17(28)18-3-2-4-20(15-18)24-23(29)25-21-5-6-22-19(16-21)7-8-27(22)10-9-26-11-13-30-14-12-26/h2-8,15-16H,9-14H2,1H3,(H2,24,25,29). The molecule has 0 unspecified atom stereocenters. The van der Waals surface area contributed by atoms with E-state index in [1.165, 1.54) is 6.92 Å². The van der Waals surface area contributed by atoms with Gasteiger partial charge in [-0.05, 0) is 43.3 Å². The van der Waals surface area contributed by atoms with Crippen molar-refractivity contribution in [1.82, 2.24) is 9.47 Å². The zero-order chi connectivity index (χ0) is 20.9. The number of hydrogen-bond donors (Lipinski definition) is 2. The Balaban J connectivity index is 1.38. The first-order valence-electron chi connectivity index (χ1n) is 10.2. The number of carbonyl (C=O) groups is 2. The number of carbonyl (C=O) groups excluding carboxylic acids is 2. The van der Waals surface area contributed by atoms with Crippen molar-refractivity contribution in [3.05, 3.63) is 60.3 Å². The lowest BCUT2D eigenvalue weighted by Gasteiger charge is -2.26. The highest BCUT2D eigenvalue weighted by atomic mass is 16.5. The molecular weight excluding hydrogens is 380 g/mol. The van der Waals surface area contributed by atoms with Crippen molar-refractivity contribution in [2.75, 3.05) is 43.5 Å². The zero-order valence-corrected chi connectivity index (χ0v) is 17.1. The van der Waals surface area contributed by atoms with Gasteiger partial charge in [-0.1, -0.05) is 12.1 Å². The number of hydrogen-bond acceptors (Lipinski definition) is 4. The highest BCUT2D eigenvalue weighted by molar-refractivity contribution is 6.02. The number of rotatable bonds is 6. The maximum absolute atomic E-state index is 12.4. The number of fused-ring (bicyclic) bond motifs is 1. The van der Waals surface area contributed by atoms with Crippen molar-refractivity contribution in [2.24, 2.45) is 0 Å². The molecule has 2 amide bonds. The van der Waals surface area contributed by atoms with Crippen LogP contribution in [0.5, 0.6) is 0 Å². The Hall–Kier alpha value is -3.16. The topological polar surface area (TPSA) is 75.6 Å².